The summed E-state index contributed by atoms with van der Waals surface area (Å²) in [6.07, 6.45) is 0.0307. The Labute approximate surface area is 170 Å². The number of aliphatic hydroxyl groups is 1. The third-order valence-corrected chi connectivity index (χ3v) is 5.08. The Hall–Kier alpha value is -3.12. The highest BCUT2D eigenvalue weighted by Crippen LogP contribution is 2.37. The van der Waals surface area contributed by atoms with Crippen LogP contribution in [0, 0.1) is 0 Å². The molecule has 152 valence electrons. The van der Waals surface area contributed by atoms with Crippen molar-refractivity contribution in [3.8, 4) is 5.75 Å². The van der Waals surface area contributed by atoms with E-state index in [0.717, 1.165) is 11.1 Å². The number of benzene rings is 2. The van der Waals surface area contributed by atoms with Gasteiger partial charge < -0.3 is 19.5 Å². The number of methoxy groups -OCH3 is 1. The van der Waals surface area contributed by atoms with Crippen molar-refractivity contribution in [3.63, 3.8) is 0 Å². The second-order valence-corrected chi connectivity index (χ2v) is 6.92. The second kappa shape index (κ2) is 8.49. The van der Waals surface area contributed by atoms with Gasteiger partial charge in [0.15, 0.2) is 0 Å². The summed E-state index contributed by atoms with van der Waals surface area (Å²) in [4.78, 5) is 27.2. The van der Waals surface area contributed by atoms with Gasteiger partial charge in [-0.1, -0.05) is 42.5 Å². The number of carbonyl (C=O) groups is 2. The molecule has 2 aromatic rings. The fourth-order valence-corrected chi connectivity index (χ4v) is 3.56. The standard InChI is InChI=1S/C23H25NO5/c1-4-29-22(26)20-16(2)24(15-18-8-6-5-7-9-18)23(27,21(20)25)14-17-10-12-19(28-3)13-11-17/h5-13,27H,4,14-15H2,1-3H3. The molecular weight excluding hydrogens is 370 g/mol. The molecule has 29 heavy (non-hydrogen) atoms. The largest absolute Gasteiger partial charge is 0.497 e. The van der Waals surface area contributed by atoms with Crippen LogP contribution < -0.4 is 4.74 Å². The molecule has 1 heterocycles. The molecule has 3 rings (SSSR count). The van der Waals surface area contributed by atoms with E-state index in [0.29, 0.717) is 11.4 Å². The molecule has 1 aliphatic heterocycles. The Morgan fingerprint density at radius 2 is 1.72 bits per heavy atom. The Morgan fingerprint density at radius 3 is 2.31 bits per heavy atom. The SMILES string of the molecule is CCOC(=O)C1=C(C)N(Cc2ccccc2)C(O)(Cc2ccc(OC)cc2)C1=O. The van der Waals surface area contributed by atoms with Crippen LogP contribution in [0.5, 0.6) is 5.75 Å². The third kappa shape index (κ3) is 4.03. The molecule has 0 amide bonds. The molecule has 0 bridgehead atoms. The normalized spacial score (nSPS) is 18.9. The Balaban J connectivity index is 1.99. The first-order chi connectivity index (χ1) is 13.9. The van der Waals surface area contributed by atoms with E-state index in [9.17, 15) is 14.7 Å². The van der Waals surface area contributed by atoms with Crippen LogP contribution in [0.2, 0.25) is 0 Å². The molecule has 0 aliphatic carbocycles. The number of hydrogen-bond donors (Lipinski definition) is 1. The molecule has 1 aliphatic rings. The van der Waals surface area contributed by atoms with Crippen LogP contribution in [0.25, 0.3) is 0 Å². The first-order valence-corrected chi connectivity index (χ1v) is 9.50. The van der Waals surface area contributed by atoms with Gasteiger partial charge in [0.05, 0.1) is 13.7 Å². The maximum Gasteiger partial charge on any atom is 0.343 e. The van der Waals surface area contributed by atoms with Crippen LogP contribution in [-0.2, 0) is 27.3 Å². The molecule has 6 nitrogen and oxygen atoms in total. The number of nitrogens with zero attached hydrogens (tertiary/aromatic N) is 1. The Morgan fingerprint density at radius 1 is 1.07 bits per heavy atom. The lowest BCUT2D eigenvalue weighted by Gasteiger charge is -2.35. The molecule has 0 aromatic heterocycles. The van der Waals surface area contributed by atoms with Crippen molar-refractivity contribution in [1.29, 1.82) is 0 Å². The van der Waals surface area contributed by atoms with Crippen molar-refractivity contribution < 1.29 is 24.2 Å². The Bertz CT molecular complexity index is 920. The second-order valence-electron chi connectivity index (χ2n) is 6.92. The fourth-order valence-electron chi connectivity index (χ4n) is 3.56. The van der Waals surface area contributed by atoms with E-state index in [1.54, 1.807) is 50.1 Å². The lowest BCUT2D eigenvalue weighted by Crippen LogP contribution is -2.51. The lowest BCUT2D eigenvalue weighted by atomic mass is 9.95. The molecule has 1 N–H and O–H groups in total. The molecule has 1 unspecified atom stereocenters. The maximum atomic E-state index is 13.2. The van der Waals surface area contributed by atoms with Gasteiger partial charge in [-0.3, -0.25) is 4.79 Å². The number of esters is 1. The number of rotatable bonds is 7. The third-order valence-electron chi connectivity index (χ3n) is 5.08. The van der Waals surface area contributed by atoms with Gasteiger partial charge in [0, 0.05) is 18.7 Å². The molecule has 0 fully saturated rings. The molecular formula is C23H25NO5. The van der Waals surface area contributed by atoms with Gasteiger partial charge in [0.2, 0.25) is 11.5 Å². The van der Waals surface area contributed by atoms with E-state index in [-0.39, 0.29) is 25.1 Å². The molecule has 2 aromatic carbocycles. The van der Waals surface area contributed by atoms with Crippen molar-refractivity contribution in [2.75, 3.05) is 13.7 Å². The minimum atomic E-state index is -1.88. The monoisotopic (exact) mass is 395 g/mol. The van der Waals surface area contributed by atoms with Gasteiger partial charge in [0.25, 0.3) is 0 Å². The molecule has 1 atom stereocenters. The van der Waals surface area contributed by atoms with Crippen molar-refractivity contribution in [2.24, 2.45) is 0 Å². The number of carbonyl (C=O) groups excluding carboxylic acids is 2. The van der Waals surface area contributed by atoms with Crippen LogP contribution in [0.1, 0.15) is 25.0 Å². The van der Waals surface area contributed by atoms with Gasteiger partial charge in [-0.15, -0.1) is 0 Å². The van der Waals surface area contributed by atoms with E-state index in [1.807, 2.05) is 30.3 Å². The maximum absolute atomic E-state index is 13.2. The minimum absolute atomic E-state index is 0.0307. The summed E-state index contributed by atoms with van der Waals surface area (Å²) < 4.78 is 10.2. The van der Waals surface area contributed by atoms with E-state index >= 15 is 0 Å². The quantitative estimate of drug-likeness (QED) is 0.574. The Kier molecular flexibility index (Phi) is 6.03. The van der Waals surface area contributed by atoms with Crippen molar-refractivity contribution in [1.82, 2.24) is 4.90 Å². The number of allylic oxidation sites excluding steroid dienone is 1. The smallest absolute Gasteiger partial charge is 0.343 e. The zero-order valence-corrected chi connectivity index (χ0v) is 16.8. The van der Waals surface area contributed by atoms with Gasteiger partial charge in [0.1, 0.15) is 11.3 Å². The van der Waals surface area contributed by atoms with Crippen molar-refractivity contribution in [2.45, 2.75) is 32.5 Å². The van der Waals surface area contributed by atoms with Crippen molar-refractivity contribution in [3.05, 3.63) is 77.0 Å². The molecule has 0 saturated heterocycles. The number of ketones is 1. The summed E-state index contributed by atoms with van der Waals surface area (Å²) in [5.74, 6) is -0.667. The van der Waals surface area contributed by atoms with Gasteiger partial charge in [-0.2, -0.15) is 0 Å². The summed E-state index contributed by atoms with van der Waals surface area (Å²) in [5, 5.41) is 11.5. The lowest BCUT2D eigenvalue weighted by molar-refractivity contribution is -0.151. The topological polar surface area (TPSA) is 76.1 Å². The van der Waals surface area contributed by atoms with Gasteiger partial charge in [-0.05, 0) is 37.1 Å². The van der Waals surface area contributed by atoms with Crippen LogP contribution in [-0.4, -0.2) is 41.2 Å². The predicted octanol–water partition coefficient (Wildman–Crippen LogP) is 2.85. The summed E-state index contributed by atoms with van der Waals surface area (Å²) in [6.45, 7) is 3.78. The van der Waals surface area contributed by atoms with Gasteiger partial charge in [-0.25, -0.2) is 4.79 Å². The van der Waals surface area contributed by atoms with Crippen LogP contribution >= 0.6 is 0 Å². The highest BCUT2D eigenvalue weighted by Gasteiger charge is 2.52. The predicted molar refractivity (Wildman–Crippen MR) is 108 cm³/mol. The average Bonchev–Trinajstić information content (AvgIpc) is 2.90. The zero-order valence-electron chi connectivity index (χ0n) is 16.8. The highest BCUT2D eigenvalue weighted by molar-refractivity contribution is 6.22. The summed E-state index contributed by atoms with van der Waals surface area (Å²) in [5.41, 5.74) is 0.0963. The van der Waals surface area contributed by atoms with E-state index in [4.69, 9.17) is 9.47 Å². The van der Waals surface area contributed by atoms with Gasteiger partial charge >= 0.3 is 5.97 Å². The highest BCUT2D eigenvalue weighted by atomic mass is 16.5. The average molecular weight is 395 g/mol. The molecule has 0 spiro atoms. The van der Waals surface area contributed by atoms with E-state index in [2.05, 4.69) is 0 Å². The number of ether oxygens (including phenoxy) is 2. The van der Waals surface area contributed by atoms with E-state index < -0.39 is 17.5 Å². The van der Waals surface area contributed by atoms with Crippen LogP contribution in [0.15, 0.2) is 65.9 Å². The molecule has 6 heteroatoms. The van der Waals surface area contributed by atoms with Crippen LogP contribution in [0.3, 0.4) is 0 Å². The van der Waals surface area contributed by atoms with Crippen molar-refractivity contribution >= 4 is 11.8 Å². The first kappa shape index (κ1) is 20.6. The zero-order chi connectivity index (χ0) is 21.0. The summed E-state index contributed by atoms with van der Waals surface area (Å²) in [7, 11) is 1.57. The summed E-state index contributed by atoms with van der Waals surface area (Å²) >= 11 is 0. The fraction of sp³-hybridized carbons (Fsp3) is 0.304. The molecule has 0 saturated carbocycles. The summed E-state index contributed by atoms with van der Waals surface area (Å²) in [6, 6.07) is 16.6. The first-order valence-electron chi connectivity index (χ1n) is 9.50. The number of hydrogen-bond acceptors (Lipinski definition) is 6. The minimum Gasteiger partial charge on any atom is -0.497 e. The van der Waals surface area contributed by atoms with E-state index in [1.165, 1.54) is 0 Å². The molecule has 0 radical (unpaired) electrons. The van der Waals surface area contributed by atoms with Crippen LogP contribution in [0.4, 0.5) is 0 Å². The number of Topliss-reactive ketones (excluding diaryl/α,β-unsaturated/α-hetero) is 1.